The normalized spacial score (nSPS) is 16.6. The summed E-state index contributed by atoms with van der Waals surface area (Å²) in [4.78, 5) is 29.3. The van der Waals surface area contributed by atoms with Gasteiger partial charge in [-0.05, 0) is 0 Å². The van der Waals surface area contributed by atoms with E-state index in [9.17, 15) is 14.7 Å². The Morgan fingerprint density at radius 2 is 1.95 bits per heavy atom. The Morgan fingerprint density at radius 1 is 1.26 bits per heavy atom. The van der Waals surface area contributed by atoms with Gasteiger partial charge in [0.1, 0.15) is 0 Å². The maximum absolute atomic E-state index is 12.2. The van der Waals surface area contributed by atoms with E-state index in [1.807, 2.05) is 0 Å². The van der Waals surface area contributed by atoms with Crippen molar-refractivity contribution in [1.29, 1.82) is 0 Å². The summed E-state index contributed by atoms with van der Waals surface area (Å²) in [7, 11) is 0. The van der Waals surface area contributed by atoms with Crippen molar-refractivity contribution < 1.29 is 15.0 Å². The number of aromatic nitrogens is 1. The minimum atomic E-state index is -0.498. The van der Waals surface area contributed by atoms with E-state index in [0.717, 1.165) is 0 Å². The van der Waals surface area contributed by atoms with E-state index in [2.05, 4.69) is 9.88 Å². The van der Waals surface area contributed by atoms with Crippen molar-refractivity contribution in [2.45, 2.75) is 0 Å². The van der Waals surface area contributed by atoms with Gasteiger partial charge in [0, 0.05) is 44.9 Å². The Kier molecular flexibility index (Phi) is 4.18. The van der Waals surface area contributed by atoms with Crippen LogP contribution in [0.1, 0.15) is 10.4 Å². The zero-order valence-electron chi connectivity index (χ0n) is 10.5. The van der Waals surface area contributed by atoms with Crippen LogP contribution in [0.5, 0.6) is 5.88 Å². The summed E-state index contributed by atoms with van der Waals surface area (Å²) in [6.07, 6.45) is 0. The molecular weight excluding hydrogens is 250 g/mol. The van der Waals surface area contributed by atoms with Gasteiger partial charge in [-0.1, -0.05) is 0 Å². The number of nitrogens with zero attached hydrogens (tertiary/aromatic N) is 2. The Morgan fingerprint density at radius 3 is 2.53 bits per heavy atom. The standard InChI is InChI=1S/C12H17N3O4/c16-6-5-14-1-3-15(4-2-14)12(19)9-7-10(17)13-11(18)8-9/h7-8,16H,1-6H2,(H2,13,17,18). The molecule has 3 N–H and O–H groups in total. The monoisotopic (exact) mass is 267 g/mol. The number of rotatable bonds is 3. The molecule has 0 bridgehead atoms. The topological polar surface area (TPSA) is 96.9 Å². The van der Waals surface area contributed by atoms with Crippen LogP contribution >= 0.6 is 0 Å². The van der Waals surface area contributed by atoms with Gasteiger partial charge < -0.3 is 15.1 Å². The number of pyridine rings is 1. The van der Waals surface area contributed by atoms with Crippen molar-refractivity contribution in [1.82, 2.24) is 14.8 Å². The summed E-state index contributed by atoms with van der Waals surface area (Å²) < 4.78 is 0. The van der Waals surface area contributed by atoms with E-state index in [-0.39, 0.29) is 24.0 Å². The second-order valence-electron chi connectivity index (χ2n) is 4.48. The first kappa shape index (κ1) is 13.6. The van der Waals surface area contributed by atoms with Crippen LogP contribution in [0.15, 0.2) is 16.9 Å². The number of piperazine rings is 1. The predicted octanol–water partition coefficient (Wildman–Crippen LogP) is -1.17. The van der Waals surface area contributed by atoms with Crippen LogP contribution in [-0.4, -0.2) is 70.2 Å². The highest BCUT2D eigenvalue weighted by Crippen LogP contribution is 2.10. The summed E-state index contributed by atoms with van der Waals surface area (Å²) >= 11 is 0. The number of hydrogen-bond donors (Lipinski definition) is 3. The highest BCUT2D eigenvalue weighted by Gasteiger charge is 2.22. The first-order valence-electron chi connectivity index (χ1n) is 6.16. The summed E-state index contributed by atoms with van der Waals surface area (Å²) in [5.41, 5.74) is -0.306. The summed E-state index contributed by atoms with van der Waals surface area (Å²) in [6.45, 7) is 3.20. The van der Waals surface area contributed by atoms with Crippen LogP contribution in [0.25, 0.3) is 0 Å². The molecule has 7 nitrogen and oxygen atoms in total. The molecule has 0 radical (unpaired) electrons. The molecule has 2 rings (SSSR count). The number of H-pyrrole nitrogens is 1. The van der Waals surface area contributed by atoms with Crippen molar-refractivity contribution in [3.63, 3.8) is 0 Å². The van der Waals surface area contributed by atoms with Gasteiger partial charge in [-0.2, -0.15) is 0 Å². The molecule has 0 aromatic carbocycles. The molecular formula is C12H17N3O4. The molecule has 7 heteroatoms. The molecule has 1 fully saturated rings. The smallest absolute Gasteiger partial charge is 0.254 e. The number of aliphatic hydroxyl groups excluding tert-OH is 1. The maximum Gasteiger partial charge on any atom is 0.254 e. The van der Waals surface area contributed by atoms with Crippen LogP contribution in [0, 0.1) is 0 Å². The SMILES string of the molecule is O=C(c1cc(O)[nH]c(=O)c1)N1CCN(CCO)CC1. The highest BCUT2D eigenvalue weighted by molar-refractivity contribution is 5.94. The number of carbonyl (C=O) groups excluding carboxylic acids is 1. The van der Waals surface area contributed by atoms with Gasteiger partial charge in [0.2, 0.25) is 0 Å². The minimum Gasteiger partial charge on any atom is -0.494 e. The molecule has 0 spiro atoms. The van der Waals surface area contributed by atoms with E-state index in [4.69, 9.17) is 5.11 Å². The number of carbonyl (C=O) groups is 1. The average Bonchev–Trinajstić information content (AvgIpc) is 2.38. The van der Waals surface area contributed by atoms with Crippen molar-refractivity contribution in [3.8, 4) is 5.88 Å². The third-order valence-electron chi connectivity index (χ3n) is 3.15. The van der Waals surface area contributed by atoms with Crippen LogP contribution in [-0.2, 0) is 0 Å². The molecule has 1 aliphatic heterocycles. The predicted molar refractivity (Wildman–Crippen MR) is 68.2 cm³/mol. The molecule has 1 aromatic rings. The largest absolute Gasteiger partial charge is 0.494 e. The fraction of sp³-hybridized carbons (Fsp3) is 0.500. The second-order valence-corrected chi connectivity index (χ2v) is 4.48. The van der Waals surface area contributed by atoms with Gasteiger partial charge in [-0.3, -0.25) is 19.5 Å². The lowest BCUT2D eigenvalue weighted by Crippen LogP contribution is -2.49. The van der Waals surface area contributed by atoms with Crippen LogP contribution < -0.4 is 5.56 Å². The van der Waals surface area contributed by atoms with Crippen LogP contribution in [0.2, 0.25) is 0 Å². The Bertz CT molecular complexity index is 506. The van der Waals surface area contributed by atoms with E-state index in [1.54, 1.807) is 4.90 Å². The zero-order chi connectivity index (χ0) is 13.8. The summed E-state index contributed by atoms with van der Waals surface area (Å²) in [6, 6.07) is 2.44. The molecule has 0 unspecified atom stereocenters. The van der Waals surface area contributed by atoms with E-state index in [1.165, 1.54) is 12.1 Å². The molecule has 2 heterocycles. The number of aromatic hydroxyl groups is 1. The number of aromatic amines is 1. The lowest BCUT2D eigenvalue weighted by Gasteiger charge is -2.34. The molecule has 0 atom stereocenters. The average molecular weight is 267 g/mol. The van der Waals surface area contributed by atoms with Crippen molar-refractivity contribution in [2.75, 3.05) is 39.3 Å². The Labute approximate surface area is 110 Å². The number of β-amino-alcohol motifs (C(OH)–C–C–N with tert-alkyl or cyclic N) is 1. The third kappa shape index (κ3) is 3.33. The Hall–Kier alpha value is -1.86. The first-order chi connectivity index (χ1) is 9.10. The van der Waals surface area contributed by atoms with Gasteiger partial charge in [0.25, 0.3) is 11.5 Å². The number of hydrogen-bond acceptors (Lipinski definition) is 5. The van der Waals surface area contributed by atoms with E-state index < -0.39 is 5.56 Å². The van der Waals surface area contributed by atoms with Gasteiger partial charge in [0.15, 0.2) is 5.88 Å². The zero-order valence-corrected chi connectivity index (χ0v) is 10.5. The molecule has 1 aliphatic rings. The van der Waals surface area contributed by atoms with Crippen molar-refractivity contribution in [2.24, 2.45) is 0 Å². The van der Waals surface area contributed by atoms with Gasteiger partial charge >= 0.3 is 0 Å². The summed E-state index contributed by atoms with van der Waals surface area (Å²) in [5, 5.41) is 18.1. The van der Waals surface area contributed by atoms with E-state index in [0.29, 0.717) is 32.7 Å². The van der Waals surface area contributed by atoms with Crippen molar-refractivity contribution >= 4 is 5.91 Å². The molecule has 0 aliphatic carbocycles. The lowest BCUT2D eigenvalue weighted by atomic mass is 10.2. The fourth-order valence-electron chi connectivity index (χ4n) is 2.15. The first-order valence-corrected chi connectivity index (χ1v) is 6.16. The molecule has 1 saturated heterocycles. The third-order valence-corrected chi connectivity index (χ3v) is 3.15. The maximum atomic E-state index is 12.2. The quantitative estimate of drug-likeness (QED) is 0.641. The number of nitrogens with one attached hydrogen (secondary N) is 1. The summed E-state index contributed by atoms with van der Waals surface area (Å²) in [5.74, 6) is -0.570. The van der Waals surface area contributed by atoms with Crippen LogP contribution in [0.3, 0.4) is 0 Å². The molecule has 1 amide bonds. The second kappa shape index (κ2) is 5.85. The van der Waals surface area contributed by atoms with Gasteiger partial charge in [0.05, 0.1) is 12.2 Å². The van der Waals surface area contributed by atoms with Crippen molar-refractivity contribution in [3.05, 3.63) is 28.0 Å². The minimum absolute atomic E-state index is 0.107. The molecule has 0 saturated carbocycles. The van der Waals surface area contributed by atoms with E-state index >= 15 is 0 Å². The molecule has 19 heavy (non-hydrogen) atoms. The molecule has 104 valence electrons. The van der Waals surface area contributed by atoms with Gasteiger partial charge in [-0.15, -0.1) is 0 Å². The van der Waals surface area contributed by atoms with Gasteiger partial charge in [-0.25, -0.2) is 0 Å². The molecule has 1 aromatic heterocycles. The fourth-order valence-corrected chi connectivity index (χ4v) is 2.15. The Balaban J connectivity index is 2.03. The lowest BCUT2D eigenvalue weighted by molar-refractivity contribution is 0.0614. The number of aliphatic hydroxyl groups is 1. The number of amides is 1. The van der Waals surface area contributed by atoms with Crippen LogP contribution in [0.4, 0.5) is 0 Å². The highest BCUT2D eigenvalue weighted by atomic mass is 16.3.